The number of nitrogens with one attached hydrogen (secondary N) is 1. The van der Waals surface area contributed by atoms with Gasteiger partial charge in [-0.1, -0.05) is 37.6 Å². The fourth-order valence-corrected chi connectivity index (χ4v) is 2.61. The normalized spacial score (nSPS) is 11.0. The Hall–Kier alpha value is -2.93. The van der Waals surface area contributed by atoms with Crippen molar-refractivity contribution in [2.24, 2.45) is 5.10 Å². The number of rotatable bonds is 7. The van der Waals surface area contributed by atoms with Crippen molar-refractivity contribution >= 4 is 29.4 Å². The number of hydrogen-bond acceptors (Lipinski definition) is 5. The topological polar surface area (TPSA) is 93.8 Å². The average Bonchev–Trinajstić information content (AvgIpc) is 2.59. The zero-order chi connectivity index (χ0) is 20.0. The summed E-state index contributed by atoms with van der Waals surface area (Å²) in [5.41, 5.74) is 4.75. The number of carbonyl (C=O) groups is 1. The lowest BCUT2D eigenvalue weighted by atomic mass is 10.0. The van der Waals surface area contributed by atoms with Crippen LogP contribution in [0.5, 0.6) is 5.75 Å². The van der Waals surface area contributed by atoms with E-state index in [1.54, 1.807) is 0 Å². The molecule has 0 unspecified atom stereocenters. The molecule has 2 rings (SSSR count). The predicted molar refractivity (Wildman–Crippen MR) is 105 cm³/mol. The molecule has 1 N–H and O–H groups in total. The van der Waals surface area contributed by atoms with E-state index in [4.69, 9.17) is 16.3 Å². The average molecular weight is 390 g/mol. The molecule has 2 aromatic carbocycles. The molecule has 27 heavy (non-hydrogen) atoms. The summed E-state index contributed by atoms with van der Waals surface area (Å²) in [4.78, 5) is 22.1. The minimum Gasteiger partial charge on any atom is -0.483 e. The van der Waals surface area contributed by atoms with E-state index in [1.165, 1.54) is 24.4 Å². The summed E-state index contributed by atoms with van der Waals surface area (Å²) in [6, 6.07) is 10.0. The van der Waals surface area contributed by atoms with Gasteiger partial charge in [-0.2, -0.15) is 5.10 Å². The Morgan fingerprint density at radius 1 is 1.33 bits per heavy atom. The molecule has 0 atom stereocenters. The Kier molecular flexibility index (Phi) is 6.90. The second-order valence-corrected chi connectivity index (χ2v) is 6.65. The highest BCUT2D eigenvalue weighted by molar-refractivity contribution is 6.32. The molecule has 0 aromatic heterocycles. The van der Waals surface area contributed by atoms with Crippen molar-refractivity contribution in [2.45, 2.75) is 26.7 Å². The van der Waals surface area contributed by atoms with Gasteiger partial charge >= 0.3 is 0 Å². The number of hydrogen-bond donors (Lipinski definition) is 1. The van der Waals surface area contributed by atoms with Crippen molar-refractivity contribution in [3.63, 3.8) is 0 Å². The van der Waals surface area contributed by atoms with E-state index >= 15 is 0 Å². The summed E-state index contributed by atoms with van der Waals surface area (Å²) >= 11 is 5.83. The summed E-state index contributed by atoms with van der Waals surface area (Å²) < 4.78 is 5.62. The molecular weight excluding hydrogens is 370 g/mol. The number of amides is 1. The number of ether oxygens (including phenoxy) is 1. The zero-order valence-electron chi connectivity index (χ0n) is 15.2. The molecule has 0 saturated heterocycles. The lowest BCUT2D eigenvalue weighted by molar-refractivity contribution is -0.384. The first-order valence-corrected chi connectivity index (χ1v) is 8.65. The van der Waals surface area contributed by atoms with Crippen molar-refractivity contribution in [1.29, 1.82) is 0 Å². The van der Waals surface area contributed by atoms with Gasteiger partial charge in [-0.05, 0) is 47.7 Å². The van der Waals surface area contributed by atoms with Crippen LogP contribution in [0.2, 0.25) is 5.02 Å². The van der Waals surface area contributed by atoms with Gasteiger partial charge in [0, 0.05) is 6.07 Å². The first kappa shape index (κ1) is 20.4. The Labute approximate surface area is 162 Å². The number of hydrazone groups is 1. The standard InChI is InChI=1S/C19H20ClN3O4/c1-12(2)15-6-4-13(3)8-18(15)27-11-19(24)22-21-10-14-5-7-17(23(25)26)16(20)9-14/h4-10,12H,11H2,1-3H3,(H,22,24)/b21-10-. The van der Waals surface area contributed by atoms with Gasteiger partial charge in [0.05, 0.1) is 11.1 Å². The summed E-state index contributed by atoms with van der Waals surface area (Å²) in [6.45, 7) is 5.88. The van der Waals surface area contributed by atoms with Crippen molar-refractivity contribution in [3.05, 3.63) is 68.2 Å². The molecule has 0 aliphatic rings. The van der Waals surface area contributed by atoms with Crippen LogP contribution < -0.4 is 10.2 Å². The molecule has 0 aliphatic heterocycles. The number of halogens is 1. The smallest absolute Gasteiger partial charge is 0.287 e. The summed E-state index contributed by atoms with van der Waals surface area (Å²) in [7, 11) is 0. The summed E-state index contributed by atoms with van der Waals surface area (Å²) in [5, 5.41) is 14.5. The lowest BCUT2D eigenvalue weighted by Crippen LogP contribution is -2.25. The molecule has 0 bridgehead atoms. The Bertz CT molecular complexity index is 881. The van der Waals surface area contributed by atoms with E-state index in [0.29, 0.717) is 11.3 Å². The van der Waals surface area contributed by atoms with Gasteiger partial charge in [-0.3, -0.25) is 14.9 Å². The Balaban J connectivity index is 1.93. The van der Waals surface area contributed by atoms with E-state index in [2.05, 4.69) is 24.4 Å². The van der Waals surface area contributed by atoms with Crippen molar-refractivity contribution in [2.75, 3.05) is 6.61 Å². The number of benzene rings is 2. The summed E-state index contributed by atoms with van der Waals surface area (Å²) in [5.74, 6) is 0.523. The van der Waals surface area contributed by atoms with E-state index in [9.17, 15) is 14.9 Å². The van der Waals surface area contributed by atoms with Crippen LogP contribution in [0.4, 0.5) is 5.69 Å². The predicted octanol–water partition coefficient (Wildman–Crippen LogP) is 4.21. The Morgan fingerprint density at radius 3 is 2.70 bits per heavy atom. The van der Waals surface area contributed by atoms with Gasteiger partial charge in [0.25, 0.3) is 11.6 Å². The largest absolute Gasteiger partial charge is 0.483 e. The van der Waals surface area contributed by atoms with E-state index in [-0.39, 0.29) is 23.2 Å². The molecule has 7 nitrogen and oxygen atoms in total. The minimum atomic E-state index is -0.570. The third-order valence-corrected chi connectivity index (χ3v) is 4.02. The number of nitro benzene ring substituents is 1. The number of carbonyl (C=O) groups excluding carboxylic acids is 1. The fraction of sp³-hybridized carbons (Fsp3) is 0.263. The van der Waals surface area contributed by atoms with Crippen LogP contribution in [0.25, 0.3) is 0 Å². The molecule has 142 valence electrons. The molecule has 8 heteroatoms. The lowest BCUT2D eigenvalue weighted by Gasteiger charge is -2.14. The Morgan fingerprint density at radius 2 is 2.07 bits per heavy atom. The van der Waals surface area contributed by atoms with Gasteiger partial charge in [0.2, 0.25) is 0 Å². The highest BCUT2D eigenvalue weighted by Crippen LogP contribution is 2.27. The highest BCUT2D eigenvalue weighted by atomic mass is 35.5. The molecule has 0 aliphatic carbocycles. The minimum absolute atomic E-state index is 0.000674. The first-order valence-electron chi connectivity index (χ1n) is 8.27. The van der Waals surface area contributed by atoms with E-state index in [1.807, 2.05) is 25.1 Å². The monoisotopic (exact) mass is 389 g/mol. The van der Waals surface area contributed by atoms with Crippen molar-refractivity contribution in [3.8, 4) is 5.75 Å². The molecule has 0 radical (unpaired) electrons. The number of nitro groups is 1. The van der Waals surface area contributed by atoms with Crippen LogP contribution in [0.3, 0.4) is 0 Å². The van der Waals surface area contributed by atoms with E-state index in [0.717, 1.165) is 11.1 Å². The third-order valence-electron chi connectivity index (χ3n) is 3.72. The molecular formula is C19H20ClN3O4. The first-order chi connectivity index (χ1) is 12.8. The van der Waals surface area contributed by atoms with Crippen LogP contribution >= 0.6 is 11.6 Å². The third kappa shape index (κ3) is 5.79. The quantitative estimate of drug-likeness (QED) is 0.436. The highest BCUT2D eigenvalue weighted by Gasteiger charge is 2.12. The molecule has 0 fully saturated rings. The van der Waals surface area contributed by atoms with Crippen molar-refractivity contribution in [1.82, 2.24) is 5.43 Å². The SMILES string of the molecule is Cc1ccc(C(C)C)c(OCC(=O)N/N=C\c2ccc([N+](=O)[O-])c(Cl)c2)c1. The van der Waals surface area contributed by atoms with E-state index < -0.39 is 10.8 Å². The van der Waals surface area contributed by atoms with Gasteiger partial charge < -0.3 is 4.74 Å². The molecule has 1 amide bonds. The van der Waals surface area contributed by atoms with Gasteiger partial charge in [-0.25, -0.2) is 5.43 Å². The maximum atomic E-state index is 11.9. The molecule has 0 heterocycles. The molecule has 0 spiro atoms. The van der Waals surface area contributed by atoms with Gasteiger partial charge in [-0.15, -0.1) is 0 Å². The van der Waals surface area contributed by atoms with Crippen LogP contribution in [-0.4, -0.2) is 23.7 Å². The fourth-order valence-electron chi connectivity index (χ4n) is 2.35. The second kappa shape index (κ2) is 9.14. The van der Waals surface area contributed by atoms with Crippen molar-refractivity contribution < 1.29 is 14.5 Å². The van der Waals surface area contributed by atoms with Crippen LogP contribution in [-0.2, 0) is 4.79 Å². The van der Waals surface area contributed by atoms with Gasteiger partial charge in [0.1, 0.15) is 10.8 Å². The molecule has 0 saturated carbocycles. The van der Waals surface area contributed by atoms with Crippen LogP contribution in [0.1, 0.15) is 36.5 Å². The number of aryl methyl sites for hydroxylation is 1. The number of nitrogens with zero attached hydrogens (tertiary/aromatic N) is 2. The zero-order valence-corrected chi connectivity index (χ0v) is 16.0. The maximum absolute atomic E-state index is 11.9. The van der Waals surface area contributed by atoms with Crippen LogP contribution in [0, 0.1) is 17.0 Å². The van der Waals surface area contributed by atoms with Crippen LogP contribution in [0.15, 0.2) is 41.5 Å². The summed E-state index contributed by atoms with van der Waals surface area (Å²) in [6.07, 6.45) is 1.35. The van der Waals surface area contributed by atoms with Gasteiger partial charge in [0.15, 0.2) is 6.61 Å². The second-order valence-electron chi connectivity index (χ2n) is 6.25. The molecule has 2 aromatic rings. The maximum Gasteiger partial charge on any atom is 0.287 e.